The molecule has 0 bridgehead atoms. The topological polar surface area (TPSA) is 68.9 Å². The lowest BCUT2D eigenvalue weighted by Gasteiger charge is -2.26. The minimum Gasteiger partial charge on any atom is -0.468 e. The molecule has 0 aromatic carbocycles. The molecule has 0 radical (unpaired) electrons. The number of aliphatic imine (C=N–C) groups is 1. The van der Waals surface area contributed by atoms with E-state index in [0.717, 1.165) is 49.4 Å². The summed E-state index contributed by atoms with van der Waals surface area (Å²) in [7, 11) is 3.99. The fourth-order valence-electron chi connectivity index (χ4n) is 3.44. The van der Waals surface area contributed by atoms with Crippen LogP contribution in [0.5, 0.6) is 0 Å². The van der Waals surface area contributed by atoms with Crippen molar-refractivity contribution in [2.75, 3.05) is 45.2 Å². The van der Waals surface area contributed by atoms with Crippen LogP contribution in [0, 0.1) is 0 Å². The zero-order valence-electron chi connectivity index (χ0n) is 17.2. The minimum atomic E-state index is 0.219. The van der Waals surface area contributed by atoms with Crippen molar-refractivity contribution < 1.29 is 4.42 Å². The predicted molar refractivity (Wildman–Crippen MR) is 114 cm³/mol. The summed E-state index contributed by atoms with van der Waals surface area (Å²) in [6, 6.07) is 10.3. The molecule has 0 aliphatic carbocycles. The first-order valence-electron chi connectivity index (χ1n) is 10.1. The van der Waals surface area contributed by atoms with E-state index in [9.17, 15) is 0 Å². The average Bonchev–Trinajstić information content (AvgIpc) is 3.41. The van der Waals surface area contributed by atoms with E-state index < -0.39 is 0 Å². The van der Waals surface area contributed by atoms with Gasteiger partial charge in [0.1, 0.15) is 11.6 Å². The maximum absolute atomic E-state index is 5.71. The van der Waals surface area contributed by atoms with Crippen molar-refractivity contribution in [1.29, 1.82) is 0 Å². The van der Waals surface area contributed by atoms with Crippen LogP contribution in [0.3, 0.4) is 0 Å². The van der Waals surface area contributed by atoms with Crippen LogP contribution in [0.15, 0.2) is 46.0 Å². The molecule has 2 N–H and O–H groups in total. The monoisotopic (exact) mass is 384 g/mol. The standard InChI is InChI=1S/C21H32N6O/c1-4-22-21(23-15-17-9-7-11-20(25-17)26(2)3)24-16-18(19-10-8-14-28-19)27-12-5-6-13-27/h7-11,14,18H,4-6,12-13,15-16H2,1-3H3,(H2,22,23,24). The van der Waals surface area contributed by atoms with Gasteiger partial charge in [0.05, 0.1) is 24.5 Å². The number of hydrogen-bond acceptors (Lipinski definition) is 5. The molecule has 0 amide bonds. The van der Waals surface area contributed by atoms with Crippen molar-refractivity contribution in [2.24, 2.45) is 4.99 Å². The normalized spacial score (nSPS) is 16.2. The molecule has 7 nitrogen and oxygen atoms in total. The summed E-state index contributed by atoms with van der Waals surface area (Å²) in [6.07, 6.45) is 4.25. The van der Waals surface area contributed by atoms with Crippen LogP contribution in [-0.4, -0.2) is 56.1 Å². The van der Waals surface area contributed by atoms with Crippen molar-refractivity contribution >= 4 is 11.8 Å². The number of rotatable bonds is 8. The number of hydrogen-bond donors (Lipinski definition) is 2. The number of guanidine groups is 1. The number of nitrogens with zero attached hydrogens (tertiary/aromatic N) is 4. The highest BCUT2D eigenvalue weighted by Crippen LogP contribution is 2.24. The van der Waals surface area contributed by atoms with Crippen molar-refractivity contribution in [3.05, 3.63) is 48.0 Å². The van der Waals surface area contributed by atoms with Gasteiger partial charge in [0.15, 0.2) is 5.96 Å². The molecular formula is C21H32N6O. The van der Waals surface area contributed by atoms with E-state index in [-0.39, 0.29) is 6.04 Å². The van der Waals surface area contributed by atoms with Gasteiger partial charge in [-0.3, -0.25) is 4.90 Å². The molecule has 0 spiro atoms. The van der Waals surface area contributed by atoms with Gasteiger partial charge < -0.3 is 20.0 Å². The van der Waals surface area contributed by atoms with Gasteiger partial charge >= 0.3 is 0 Å². The Hall–Kier alpha value is -2.54. The van der Waals surface area contributed by atoms with Crippen molar-refractivity contribution in [1.82, 2.24) is 20.5 Å². The van der Waals surface area contributed by atoms with E-state index in [2.05, 4.69) is 33.5 Å². The van der Waals surface area contributed by atoms with Gasteiger partial charge in [-0.25, -0.2) is 9.98 Å². The molecule has 1 unspecified atom stereocenters. The average molecular weight is 385 g/mol. The summed E-state index contributed by atoms with van der Waals surface area (Å²) in [5.41, 5.74) is 0.950. The largest absolute Gasteiger partial charge is 0.468 e. The molecule has 1 aliphatic heterocycles. The van der Waals surface area contributed by atoms with Gasteiger partial charge in [-0.2, -0.15) is 0 Å². The Balaban J connectivity index is 1.65. The Bertz CT molecular complexity index is 737. The van der Waals surface area contributed by atoms with Crippen molar-refractivity contribution in [2.45, 2.75) is 32.4 Å². The summed E-state index contributed by atoms with van der Waals surface area (Å²) in [6.45, 7) is 6.40. The SMILES string of the molecule is CCNC(=NCc1cccc(N(C)C)n1)NCC(c1ccco1)N1CCCC1. The Morgan fingerprint density at radius 1 is 1.21 bits per heavy atom. The van der Waals surface area contributed by atoms with Gasteiger partial charge in [-0.15, -0.1) is 0 Å². The minimum absolute atomic E-state index is 0.219. The van der Waals surface area contributed by atoms with Gasteiger partial charge in [0.25, 0.3) is 0 Å². The maximum atomic E-state index is 5.71. The fourth-order valence-corrected chi connectivity index (χ4v) is 3.44. The molecule has 1 saturated heterocycles. The molecule has 0 saturated carbocycles. The van der Waals surface area contributed by atoms with Crippen LogP contribution in [0.4, 0.5) is 5.82 Å². The first kappa shape index (κ1) is 20.2. The zero-order chi connectivity index (χ0) is 19.8. The van der Waals surface area contributed by atoms with E-state index >= 15 is 0 Å². The zero-order valence-corrected chi connectivity index (χ0v) is 17.2. The lowest BCUT2D eigenvalue weighted by atomic mass is 10.2. The Morgan fingerprint density at radius 3 is 2.71 bits per heavy atom. The van der Waals surface area contributed by atoms with Crippen molar-refractivity contribution in [3.8, 4) is 0 Å². The second-order valence-electron chi connectivity index (χ2n) is 7.23. The van der Waals surface area contributed by atoms with Crippen LogP contribution >= 0.6 is 0 Å². The highest BCUT2D eigenvalue weighted by molar-refractivity contribution is 5.79. The number of pyridine rings is 1. The fraction of sp³-hybridized carbons (Fsp3) is 0.524. The van der Waals surface area contributed by atoms with E-state index in [1.807, 2.05) is 43.3 Å². The highest BCUT2D eigenvalue weighted by Gasteiger charge is 2.25. The molecule has 2 aromatic heterocycles. The first-order chi connectivity index (χ1) is 13.7. The molecule has 152 valence electrons. The maximum Gasteiger partial charge on any atom is 0.191 e. The summed E-state index contributed by atoms with van der Waals surface area (Å²) < 4.78 is 5.71. The van der Waals surface area contributed by atoms with E-state index in [4.69, 9.17) is 9.41 Å². The lowest BCUT2D eigenvalue weighted by Crippen LogP contribution is -2.42. The summed E-state index contributed by atoms with van der Waals surface area (Å²) in [4.78, 5) is 13.9. The second kappa shape index (κ2) is 10.1. The number of aromatic nitrogens is 1. The van der Waals surface area contributed by atoms with Gasteiger partial charge in [-0.1, -0.05) is 6.07 Å². The molecule has 1 fully saturated rings. The van der Waals surface area contributed by atoms with Crippen LogP contribution in [0.2, 0.25) is 0 Å². The van der Waals surface area contributed by atoms with Crippen molar-refractivity contribution in [3.63, 3.8) is 0 Å². The van der Waals surface area contributed by atoms with E-state index in [0.29, 0.717) is 6.54 Å². The van der Waals surface area contributed by atoms with Gasteiger partial charge in [0.2, 0.25) is 0 Å². The third-order valence-corrected chi connectivity index (χ3v) is 4.91. The Morgan fingerprint density at radius 2 is 2.04 bits per heavy atom. The Kier molecular flexibility index (Phi) is 7.31. The second-order valence-corrected chi connectivity index (χ2v) is 7.23. The molecule has 1 aliphatic rings. The van der Waals surface area contributed by atoms with E-state index in [1.54, 1.807) is 6.26 Å². The predicted octanol–water partition coefficient (Wildman–Crippen LogP) is 2.63. The van der Waals surface area contributed by atoms with Gasteiger partial charge in [-0.05, 0) is 57.1 Å². The number of likely N-dealkylation sites (tertiary alicyclic amines) is 1. The lowest BCUT2D eigenvalue weighted by molar-refractivity contribution is 0.215. The Labute approximate surface area is 167 Å². The molecule has 3 rings (SSSR count). The van der Waals surface area contributed by atoms with Crippen LogP contribution < -0.4 is 15.5 Å². The number of furan rings is 1. The smallest absolute Gasteiger partial charge is 0.191 e. The van der Waals surface area contributed by atoms with Crippen LogP contribution in [0.25, 0.3) is 0 Å². The highest BCUT2D eigenvalue weighted by atomic mass is 16.3. The van der Waals surface area contributed by atoms with E-state index in [1.165, 1.54) is 12.8 Å². The molecule has 28 heavy (non-hydrogen) atoms. The summed E-state index contributed by atoms with van der Waals surface area (Å²) in [5.74, 6) is 2.75. The third-order valence-electron chi connectivity index (χ3n) is 4.91. The summed E-state index contributed by atoms with van der Waals surface area (Å²) >= 11 is 0. The summed E-state index contributed by atoms with van der Waals surface area (Å²) in [5, 5.41) is 6.83. The van der Waals surface area contributed by atoms with Crippen LogP contribution in [0.1, 0.15) is 37.3 Å². The number of nitrogens with one attached hydrogen (secondary N) is 2. The third kappa shape index (κ3) is 5.48. The molecule has 7 heteroatoms. The first-order valence-corrected chi connectivity index (χ1v) is 10.1. The van der Waals surface area contributed by atoms with Crippen LogP contribution in [-0.2, 0) is 6.54 Å². The number of anilines is 1. The molecule has 1 atom stereocenters. The molecular weight excluding hydrogens is 352 g/mol. The molecule has 3 heterocycles. The van der Waals surface area contributed by atoms with Gasteiger partial charge in [0, 0.05) is 27.2 Å². The quantitative estimate of drug-likeness (QED) is 0.539. The molecule has 2 aromatic rings.